The van der Waals surface area contributed by atoms with Crippen molar-refractivity contribution < 1.29 is 18.1 Å². The van der Waals surface area contributed by atoms with Gasteiger partial charge in [-0.05, 0) is 44.5 Å². The normalized spacial score (nSPS) is 19.7. The predicted octanol–water partition coefficient (Wildman–Crippen LogP) is 3.39. The SMILES string of the molecule is CNS(=O)(=O)c1ccc(NCC2CCCOC2c2ccc(C)cc2)c([N+](=O)[O-])c1. The smallest absolute Gasteiger partial charge is 0.293 e. The highest BCUT2D eigenvalue weighted by Gasteiger charge is 2.28. The standard InChI is InChI=1S/C20H25N3O5S/c1-14-5-7-15(8-6-14)20-16(4-3-11-28-20)13-22-18-10-9-17(29(26,27)21-2)12-19(18)23(24)25/h5-10,12,16,20-22H,3-4,11,13H2,1-2H3. The van der Waals surface area contributed by atoms with Crippen LogP contribution < -0.4 is 10.0 Å². The molecule has 156 valence electrons. The molecule has 3 rings (SSSR count). The lowest BCUT2D eigenvalue weighted by Gasteiger charge is -2.32. The number of nitrogens with zero attached hydrogens (tertiary/aromatic N) is 1. The Balaban J connectivity index is 1.80. The van der Waals surface area contributed by atoms with Crippen molar-refractivity contribution in [3.63, 3.8) is 0 Å². The van der Waals surface area contributed by atoms with Crippen molar-refractivity contribution in [2.24, 2.45) is 5.92 Å². The van der Waals surface area contributed by atoms with Crippen LogP contribution in [0.1, 0.15) is 30.1 Å². The molecule has 2 atom stereocenters. The van der Waals surface area contributed by atoms with Gasteiger partial charge in [0.15, 0.2) is 0 Å². The van der Waals surface area contributed by atoms with Crippen LogP contribution in [-0.2, 0) is 14.8 Å². The van der Waals surface area contributed by atoms with Crippen molar-refractivity contribution in [3.05, 3.63) is 63.7 Å². The molecular formula is C20H25N3O5S. The highest BCUT2D eigenvalue weighted by atomic mass is 32.2. The lowest BCUT2D eigenvalue weighted by atomic mass is 9.89. The first-order chi connectivity index (χ1) is 13.8. The second-order valence-electron chi connectivity index (χ2n) is 7.13. The molecule has 0 aromatic heterocycles. The van der Waals surface area contributed by atoms with Gasteiger partial charge in [0.2, 0.25) is 10.0 Å². The van der Waals surface area contributed by atoms with Crippen LogP contribution in [-0.4, -0.2) is 33.5 Å². The van der Waals surface area contributed by atoms with Gasteiger partial charge in [-0.1, -0.05) is 29.8 Å². The number of sulfonamides is 1. The van der Waals surface area contributed by atoms with Crippen molar-refractivity contribution in [2.45, 2.75) is 30.8 Å². The Bertz CT molecular complexity index is 976. The number of hydrogen-bond donors (Lipinski definition) is 2. The molecule has 1 saturated heterocycles. The zero-order valence-corrected chi connectivity index (χ0v) is 17.2. The van der Waals surface area contributed by atoms with E-state index >= 15 is 0 Å². The van der Waals surface area contributed by atoms with E-state index in [0.29, 0.717) is 18.8 Å². The molecule has 2 aromatic carbocycles. The van der Waals surface area contributed by atoms with Gasteiger partial charge in [0.05, 0.1) is 15.9 Å². The molecule has 1 aliphatic heterocycles. The Morgan fingerprint density at radius 1 is 1.21 bits per heavy atom. The number of hydrogen-bond acceptors (Lipinski definition) is 6. The van der Waals surface area contributed by atoms with E-state index in [1.807, 2.05) is 19.1 Å². The van der Waals surface area contributed by atoms with Crippen molar-refractivity contribution in [1.29, 1.82) is 0 Å². The summed E-state index contributed by atoms with van der Waals surface area (Å²) in [6.45, 7) is 3.20. The summed E-state index contributed by atoms with van der Waals surface area (Å²) in [6, 6.07) is 12.1. The number of nitrogens with one attached hydrogen (secondary N) is 2. The molecule has 29 heavy (non-hydrogen) atoms. The van der Waals surface area contributed by atoms with E-state index in [2.05, 4.69) is 22.2 Å². The third kappa shape index (κ3) is 4.92. The van der Waals surface area contributed by atoms with E-state index < -0.39 is 14.9 Å². The van der Waals surface area contributed by atoms with Crippen LogP contribution in [0.3, 0.4) is 0 Å². The predicted molar refractivity (Wildman–Crippen MR) is 110 cm³/mol. The van der Waals surface area contributed by atoms with E-state index in [1.54, 1.807) is 0 Å². The maximum Gasteiger partial charge on any atom is 0.293 e. The summed E-state index contributed by atoms with van der Waals surface area (Å²) in [5.74, 6) is 0.145. The maximum atomic E-state index is 11.9. The van der Waals surface area contributed by atoms with Gasteiger partial charge >= 0.3 is 0 Å². The molecule has 2 unspecified atom stereocenters. The highest BCUT2D eigenvalue weighted by Crippen LogP contribution is 2.35. The molecule has 1 heterocycles. The van der Waals surface area contributed by atoms with E-state index in [1.165, 1.54) is 24.7 Å². The van der Waals surface area contributed by atoms with E-state index in [0.717, 1.165) is 24.5 Å². The maximum absolute atomic E-state index is 11.9. The Morgan fingerprint density at radius 2 is 1.93 bits per heavy atom. The third-order valence-corrected chi connectivity index (χ3v) is 6.56. The van der Waals surface area contributed by atoms with Gasteiger partial charge in [0.1, 0.15) is 5.69 Å². The Hall–Kier alpha value is -2.49. The van der Waals surface area contributed by atoms with Gasteiger partial charge in [0.25, 0.3) is 5.69 Å². The van der Waals surface area contributed by atoms with Crippen molar-refractivity contribution in [3.8, 4) is 0 Å². The minimum atomic E-state index is -3.76. The average molecular weight is 420 g/mol. The molecular weight excluding hydrogens is 394 g/mol. The monoisotopic (exact) mass is 419 g/mol. The first-order valence-electron chi connectivity index (χ1n) is 9.46. The average Bonchev–Trinajstić information content (AvgIpc) is 2.73. The first kappa shape index (κ1) is 21.2. The second kappa shape index (κ2) is 8.89. The number of rotatable bonds is 7. The van der Waals surface area contributed by atoms with Crippen LogP contribution in [0.5, 0.6) is 0 Å². The molecule has 0 spiro atoms. The van der Waals surface area contributed by atoms with Crippen LogP contribution in [0.2, 0.25) is 0 Å². The van der Waals surface area contributed by atoms with E-state index in [-0.39, 0.29) is 22.6 Å². The quantitative estimate of drug-likeness (QED) is 0.526. The fraction of sp³-hybridized carbons (Fsp3) is 0.400. The van der Waals surface area contributed by atoms with E-state index in [9.17, 15) is 18.5 Å². The molecule has 0 radical (unpaired) electrons. The molecule has 2 N–H and O–H groups in total. The summed E-state index contributed by atoms with van der Waals surface area (Å²) in [7, 11) is -2.49. The summed E-state index contributed by atoms with van der Waals surface area (Å²) < 4.78 is 32.1. The molecule has 1 fully saturated rings. The Labute approximate surface area is 170 Å². The summed E-state index contributed by atoms with van der Waals surface area (Å²) in [4.78, 5) is 10.8. The lowest BCUT2D eigenvalue weighted by Crippen LogP contribution is -2.28. The van der Waals surface area contributed by atoms with Crippen LogP contribution in [0.25, 0.3) is 0 Å². The van der Waals surface area contributed by atoms with Gasteiger partial charge < -0.3 is 10.1 Å². The zero-order chi connectivity index (χ0) is 21.0. The van der Waals surface area contributed by atoms with Crippen molar-refractivity contribution >= 4 is 21.4 Å². The summed E-state index contributed by atoms with van der Waals surface area (Å²) >= 11 is 0. The van der Waals surface area contributed by atoms with Gasteiger partial charge in [-0.25, -0.2) is 13.1 Å². The van der Waals surface area contributed by atoms with Crippen molar-refractivity contribution in [2.75, 3.05) is 25.5 Å². The fourth-order valence-corrected chi connectivity index (χ4v) is 4.26. The van der Waals surface area contributed by atoms with Gasteiger partial charge in [0, 0.05) is 25.1 Å². The zero-order valence-electron chi connectivity index (χ0n) is 16.4. The fourth-order valence-electron chi connectivity index (χ4n) is 3.51. The minimum absolute atomic E-state index is 0.0835. The molecule has 0 bridgehead atoms. The number of nitro benzene ring substituents is 1. The Morgan fingerprint density at radius 3 is 2.59 bits per heavy atom. The molecule has 2 aromatic rings. The molecule has 8 nitrogen and oxygen atoms in total. The molecule has 0 saturated carbocycles. The third-order valence-electron chi connectivity index (χ3n) is 5.15. The number of nitro groups is 1. The topological polar surface area (TPSA) is 111 Å². The number of ether oxygens (including phenoxy) is 1. The summed E-state index contributed by atoms with van der Waals surface area (Å²) in [5, 5.41) is 14.6. The van der Waals surface area contributed by atoms with Gasteiger partial charge in [-0.15, -0.1) is 0 Å². The number of aryl methyl sites for hydroxylation is 1. The van der Waals surface area contributed by atoms with Crippen LogP contribution in [0, 0.1) is 23.0 Å². The highest BCUT2D eigenvalue weighted by molar-refractivity contribution is 7.89. The minimum Gasteiger partial charge on any atom is -0.379 e. The molecule has 0 aliphatic carbocycles. The molecule has 1 aliphatic rings. The largest absolute Gasteiger partial charge is 0.379 e. The van der Waals surface area contributed by atoms with Gasteiger partial charge in [-0.2, -0.15) is 0 Å². The van der Waals surface area contributed by atoms with Crippen molar-refractivity contribution in [1.82, 2.24) is 4.72 Å². The van der Waals surface area contributed by atoms with Gasteiger partial charge in [-0.3, -0.25) is 10.1 Å². The van der Waals surface area contributed by atoms with E-state index in [4.69, 9.17) is 4.74 Å². The van der Waals surface area contributed by atoms with Crippen LogP contribution >= 0.6 is 0 Å². The summed E-state index contributed by atoms with van der Waals surface area (Å²) in [5.41, 5.74) is 2.28. The molecule has 0 amide bonds. The summed E-state index contributed by atoms with van der Waals surface area (Å²) in [6.07, 6.45) is 1.78. The first-order valence-corrected chi connectivity index (χ1v) is 10.9. The Kier molecular flexibility index (Phi) is 6.51. The van der Waals surface area contributed by atoms with Crippen LogP contribution in [0.15, 0.2) is 47.4 Å². The molecule has 9 heteroatoms. The van der Waals surface area contributed by atoms with Crippen LogP contribution in [0.4, 0.5) is 11.4 Å². The lowest BCUT2D eigenvalue weighted by molar-refractivity contribution is -0.384. The number of benzene rings is 2. The number of anilines is 1. The second-order valence-corrected chi connectivity index (χ2v) is 9.02.